The van der Waals surface area contributed by atoms with Crippen LogP contribution < -0.4 is 14.8 Å². The molecule has 1 N–H and O–H groups in total. The molecule has 0 spiro atoms. The van der Waals surface area contributed by atoms with Gasteiger partial charge in [-0.3, -0.25) is 4.79 Å². The second kappa shape index (κ2) is 11.9. The smallest absolute Gasteiger partial charge is 0.338 e. The molecule has 34 heavy (non-hydrogen) atoms. The van der Waals surface area contributed by atoms with Gasteiger partial charge in [0.15, 0.2) is 18.1 Å². The highest BCUT2D eigenvalue weighted by Crippen LogP contribution is 2.29. The maximum absolute atomic E-state index is 12.5. The molecule has 3 aromatic rings. The van der Waals surface area contributed by atoms with Gasteiger partial charge in [-0.2, -0.15) is 5.10 Å². The van der Waals surface area contributed by atoms with Crippen molar-refractivity contribution in [1.82, 2.24) is 9.78 Å². The van der Waals surface area contributed by atoms with Crippen molar-refractivity contribution in [3.8, 4) is 17.2 Å². The summed E-state index contributed by atoms with van der Waals surface area (Å²) in [6.45, 7) is 8.20. The van der Waals surface area contributed by atoms with Crippen LogP contribution in [0.2, 0.25) is 0 Å². The van der Waals surface area contributed by atoms with Crippen LogP contribution in [0, 0.1) is 13.8 Å². The Morgan fingerprint density at radius 2 is 1.76 bits per heavy atom. The standard InChI is InChI=1S/C26H31N3O5/c1-5-7-15-33-22-14-13-20(16-23(22)32-6-2)26(31)34-17-24(30)27-25-18(3)28-29(19(25)4)21-11-9-8-10-12-21/h8-14,16H,5-7,15,17H2,1-4H3,(H,27,30). The van der Waals surface area contributed by atoms with E-state index in [9.17, 15) is 9.59 Å². The van der Waals surface area contributed by atoms with Gasteiger partial charge in [0.05, 0.1) is 41.5 Å². The van der Waals surface area contributed by atoms with E-state index in [-0.39, 0.29) is 5.56 Å². The van der Waals surface area contributed by atoms with Gasteiger partial charge in [-0.25, -0.2) is 9.48 Å². The number of esters is 1. The number of nitrogens with one attached hydrogen (secondary N) is 1. The molecule has 0 fully saturated rings. The topological polar surface area (TPSA) is 91.7 Å². The fourth-order valence-corrected chi connectivity index (χ4v) is 3.38. The lowest BCUT2D eigenvalue weighted by Crippen LogP contribution is -2.21. The summed E-state index contributed by atoms with van der Waals surface area (Å²) in [4.78, 5) is 25.0. The van der Waals surface area contributed by atoms with E-state index >= 15 is 0 Å². The molecule has 3 rings (SSSR count). The van der Waals surface area contributed by atoms with Crippen molar-refractivity contribution >= 4 is 17.6 Å². The number of aryl methyl sites for hydroxylation is 1. The van der Waals surface area contributed by atoms with Gasteiger partial charge in [0.2, 0.25) is 0 Å². The molecule has 2 aromatic carbocycles. The van der Waals surface area contributed by atoms with E-state index in [2.05, 4.69) is 17.3 Å². The first-order valence-corrected chi connectivity index (χ1v) is 11.4. The third-order valence-corrected chi connectivity index (χ3v) is 5.13. The number of carbonyl (C=O) groups excluding carboxylic acids is 2. The Labute approximate surface area is 199 Å². The quantitative estimate of drug-likeness (QED) is 0.321. The zero-order valence-corrected chi connectivity index (χ0v) is 20.1. The van der Waals surface area contributed by atoms with E-state index in [4.69, 9.17) is 14.2 Å². The van der Waals surface area contributed by atoms with Crippen LogP contribution in [-0.2, 0) is 9.53 Å². The summed E-state index contributed by atoms with van der Waals surface area (Å²) in [6, 6.07) is 14.5. The Morgan fingerprint density at radius 1 is 1.00 bits per heavy atom. The first kappa shape index (κ1) is 24.8. The number of para-hydroxylation sites is 1. The van der Waals surface area contributed by atoms with Gasteiger partial charge in [0.1, 0.15) is 0 Å². The maximum Gasteiger partial charge on any atom is 0.338 e. The Hall–Kier alpha value is -3.81. The number of anilines is 1. The number of benzene rings is 2. The molecule has 0 atom stereocenters. The third-order valence-electron chi connectivity index (χ3n) is 5.13. The van der Waals surface area contributed by atoms with Crippen molar-refractivity contribution in [2.24, 2.45) is 0 Å². The van der Waals surface area contributed by atoms with Crippen LogP contribution in [0.25, 0.3) is 5.69 Å². The molecule has 8 nitrogen and oxygen atoms in total. The lowest BCUT2D eigenvalue weighted by Gasteiger charge is -2.13. The highest BCUT2D eigenvalue weighted by atomic mass is 16.5. The molecule has 0 aliphatic heterocycles. The first-order chi connectivity index (χ1) is 16.4. The third kappa shape index (κ3) is 6.15. The lowest BCUT2D eigenvalue weighted by molar-refractivity contribution is -0.119. The summed E-state index contributed by atoms with van der Waals surface area (Å²) in [5.74, 6) is -0.0237. The van der Waals surface area contributed by atoms with E-state index in [1.165, 1.54) is 0 Å². The van der Waals surface area contributed by atoms with Crippen molar-refractivity contribution in [2.45, 2.75) is 40.5 Å². The molecular weight excluding hydrogens is 434 g/mol. The molecule has 0 saturated heterocycles. The van der Waals surface area contributed by atoms with E-state index < -0.39 is 18.5 Å². The van der Waals surface area contributed by atoms with Crippen molar-refractivity contribution < 1.29 is 23.8 Å². The number of hydrogen-bond donors (Lipinski definition) is 1. The normalized spacial score (nSPS) is 10.6. The van der Waals surface area contributed by atoms with Crippen LogP contribution >= 0.6 is 0 Å². The minimum atomic E-state index is -0.621. The van der Waals surface area contributed by atoms with Gasteiger partial charge < -0.3 is 19.5 Å². The zero-order chi connectivity index (χ0) is 24.5. The molecule has 0 saturated carbocycles. The van der Waals surface area contributed by atoms with Crippen molar-refractivity contribution in [3.05, 3.63) is 65.5 Å². The Balaban J connectivity index is 1.62. The average Bonchev–Trinajstić information content (AvgIpc) is 3.12. The van der Waals surface area contributed by atoms with Crippen LogP contribution in [0.15, 0.2) is 48.5 Å². The number of carbonyl (C=O) groups is 2. The van der Waals surface area contributed by atoms with Crippen LogP contribution in [0.1, 0.15) is 48.4 Å². The van der Waals surface area contributed by atoms with Gasteiger partial charge >= 0.3 is 5.97 Å². The SMILES string of the molecule is CCCCOc1ccc(C(=O)OCC(=O)Nc2c(C)nn(-c3ccccc3)c2C)cc1OCC. The van der Waals surface area contributed by atoms with E-state index in [0.717, 1.165) is 24.2 Å². The fraction of sp³-hybridized carbons (Fsp3) is 0.346. The van der Waals surface area contributed by atoms with Crippen LogP contribution in [-0.4, -0.2) is 41.5 Å². The number of unbranched alkanes of at least 4 members (excludes halogenated alkanes) is 1. The zero-order valence-electron chi connectivity index (χ0n) is 20.1. The Morgan fingerprint density at radius 3 is 2.47 bits per heavy atom. The van der Waals surface area contributed by atoms with Gasteiger partial charge in [-0.15, -0.1) is 0 Å². The second-order valence-corrected chi connectivity index (χ2v) is 7.71. The fourth-order valence-electron chi connectivity index (χ4n) is 3.38. The van der Waals surface area contributed by atoms with Gasteiger partial charge in [0, 0.05) is 0 Å². The number of aromatic nitrogens is 2. The lowest BCUT2D eigenvalue weighted by atomic mass is 10.2. The highest BCUT2D eigenvalue weighted by molar-refractivity contribution is 5.96. The van der Waals surface area contributed by atoms with Gasteiger partial charge in [0.25, 0.3) is 5.91 Å². The van der Waals surface area contributed by atoms with E-state index in [1.54, 1.807) is 22.9 Å². The summed E-state index contributed by atoms with van der Waals surface area (Å²) in [7, 11) is 0. The van der Waals surface area contributed by atoms with Crippen LogP contribution in [0.4, 0.5) is 5.69 Å². The molecule has 1 heterocycles. The Bertz CT molecular complexity index is 1120. The maximum atomic E-state index is 12.5. The molecule has 0 aliphatic rings. The monoisotopic (exact) mass is 465 g/mol. The minimum absolute atomic E-state index is 0.281. The molecule has 1 aromatic heterocycles. The summed E-state index contributed by atoms with van der Waals surface area (Å²) >= 11 is 0. The molecule has 0 radical (unpaired) electrons. The Kier molecular flexibility index (Phi) is 8.67. The van der Waals surface area contributed by atoms with Crippen molar-refractivity contribution in [1.29, 1.82) is 0 Å². The summed E-state index contributed by atoms with van der Waals surface area (Å²) in [5.41, 5.74) is 3.21. The second-order valence-electron chi connectivity index (χ2n) is 7.71. The van der Waals surface area contributed by atoms with Crippen LogP contribution in [0.3, 0.4) is 0 Å². The molecule has 8 heteroatoms. The van der Waals surface area contributed by atoms with E-state index in [1.807, 2.05) is 51.1 Å². The molecule has 0 unspecified atom stereocenters. The minimum Gasteiger partial charge on any atom is -0.490 e. The van der Waals surface area contributed by atoms with Crippen molar-refractivity contribution in [3.63, 3.8) is 0 Å². The first-order valence-electron chi connectivity index (χ1n) is 11.4. The number of amides is 1. The predicted molar refractivity (Wildman–Crippen MR) is 130 cm³/mol. The number of ether oxygens (including phenoxy) is 3. The van der Waals surface area contributed by atoms with Gasteiger partial charge in [-0.05, 0) is 57.5 Å². The number of rotatable bonds is 11. The van der Waals surface area contributed by atoms with Crippen LogP contribution in [0.5, 0.6) is 11.5 Å². The predicted octanol–water partition coefficient (Wildman–Crippen LogP) is 4.86. The molecule has 0 aliphatic carbocycles. The average molecular weight is 466 g/mol. The molecule has 180 valence electrons. The number of hydrogen-bond acceptors (Lipinski definition) is 6. The molecule has 0 bridgehead atoms. The summed E-state index contributed by atoms with van der Waals surface area (Å²) in [5, 5.41) is 7.31. The summed E-state index contributed by atoms with van der Waals surface area (Å²) in [6.07, 6.45) is 1.94. The molecular formula is C26H31N3O5. The van der Waals surface area contributed by atoms with Crippen molar-refractivity contribution in [2.75, 3.05) is 25.1 Å². The van der Waals surface area contributed by atoms with Gasteiger partial charge in [-0.1, -0.05) is 31.5 Å². The largest absolute Gasteiger partial charge is 0.490 e. The highest BCUT2D eigenvalue weighted by Gasteiger charge is 2.18. The van der Waals surface area contributed by atoms with E-state index in [0.29, 0.717) is 36.1 Å². The number of nitrogens with zero attached hydrogens (tertiary/aromatic N) is 2. The summed E-state index contributed by atoms with van der Waals surface area (Å²) < 4.78 is 18.3. The molecule has 1 amide bonds.